The van der Waals surface area contributed by atoms with Gasteiger partial charge in [-0.25, -0.2) is 0 Å². The van der Waals surface area contributed by atoms with Crippen LogP contribution in [0.3, 0.4) is 0 Å². The van der Waals surface area contributed by atoms with Gasteiger partial charge in [-0.1, -0.05) is 13.8 Å². The van der Waals surface area contributed by atoms with Crippen molar-refractivity contribution in [1.82, 2.24) is 4.57 Å². The molecule has 0 spiro atoms. The first-order chi connectivity index (χ1) is 9.91. The third-order valence-electron chi connectivity index (χ3n) is 3.91. The second kappa shape index (κ2) is 4.85. The Bertz CT molecular complexity index is 781. The van der Waals surface area contributed by atoms with E-state index in [1.807, 2.05) is 18.3 Å². The maximum absolute atomic E-state index is 12.3. The minimum absolute atomic E-state index is 0.0146. The fourth-order valence-corrected chi connectivity index (χ4v) is 3.51. The molecule has 3 nitrogen and oxygen atoms in total. The van der Waals surface area contributed by atoms with Crippen molar-refractivity contribution in [1.29, 1.82) is 5.26 Å². The zero-order chi connectivity index (χ0) is 15.2. The average Bonchev–Trinajstić information content (AvgIpc) is 2.81. The molecule has 0 saturated carbocycles. The van der Waals surface area contributed by atoms with Crippen LogP contribution in [0.15, 0.2) is 34.9 Å². The Morgan fingerprint density at radius 2 is 2.05 bits per heavy atom. The van der Waals surface area contributed by atoms with Crippen LogP contribution >= 0.6 is 15.9 Å². The molecule has 0 atom stereocenters. The summed E-state index contributed by atoms with van der Waals surface area (Å²) in [7, 11) is 0. The van der Waals surface area contributed by atoms with E-state index in [2.05, 4.69) is 40.4 Å². The van der Waals surface area contributed by atoms with Gasteiger partial charge in [0.15, 0.2) is 5.78 Å². The van der Waals surface area contributed by atoms with Crippen molar-refractivity contribution in [2.24, 2.45) is 5.41 Å². The molecule has 0 radical (unpaired) electrons. The monoisotopic (exact) mass is 342 g/mol. The van der Waals surface area contributed by atoms with Gasteiger partial charge in [-0.3, -0.25) is 4.79 Å². The molecule has 0 fully saturated rings. The molecule has 3 rings (SSSR count). The van der Waals surface area contributed by atoms with Crippen molar-refractivity contribution >= 4 is 21.7 Å². The van der Waals surface area contributed by atoms with E-state index >= 15 is 0 Å². The molecule has 0 N–H and O–H groups in total. The Kier molecular flexibility index (Phi) is 3.26. The second-order valence-electron chi connectivity index (χ2n) is 6.27. The number of hydrogen-bond donors (Lipinski definition) is 0. The minimum Gasteiger partial charge on any atom is -0.319 e. The van der Waals surface area contributed by atoms with E-state index in [4.69, 9.17) is 5.26 Å². The number of benzene rings is 1. The van der Waals surface area contributed by atoms with Gasteiger partial charge in [-0.2, -0.15) is 5.26 Å². The van der Waals surface area contributed by atoms with Crippen molar-refractivity contribution in [3.8, 4) is 11.8 Å². The summed E-state index contributed by atoms with van der Waals surface area (Å²) in [5.74, 6) is 0.213. The molecular formula is C17H15BrN2O. The molecule has 1 aliphatic carbocycles. The van der Waals surface area contributed by atoms with Crippen molar-refractivity contribution in [3.05, 3.63) is 51.8 Å². The second-order valence-corrected chi connectivity index (χ2v) is 7.12. The van der Waals surface area contributed by atoms with Crippen LogP contribution in [0.1, 0.15) is 41.9 Å². The van der Waals surface area contributed by atoms with Crippen LogP contribution in [-0.2, 0) is 6.42 Å². The lowest BCUT2D eigenvalue weighted by Crippen LogP contribution is -2.27. The van der Waals surface area contributed by atoms with Gasteiger partial charge >= 0.3 is 0 Å². The summed E-state index contributed by atoms with van der Waals surface area (Å²) in [4.78, 5) is 12.3. The van der Waals surface area contributed by atoms with Gasteiger partial charge in [0.05, 0.1) is 17.3 Å². The quantitative estimate of drug-likeness (QED) is 0.776. The van der Waals surface area contributed by atoms with Crippen molar-refractivity contribution in [2.45, 2.75) is 26.7 Å². The van der Waals surface area contributed by atoms with Crippen LogP contribution in [0, 0.1) is 16.7 Å². The molecule has 2 aromatic rings. The smallest absolute Gasteiger partial charge is 0.165 e. The number of hydrogen-bond acceptors (Lipinski definition) is 2. The van der Waals surface area contributed by atoms with Crippen molar-refractivity contribution in [3.63, 3.8) is 0 Å². The Morgan fingerprint density at radius 3 is 2.71 bits per heavy atom. The summed E-state index contributed by atoms with van der Waals surface area (Å²) < 4.78 is 2.91. The van der Waals surface area contributed by atoms with Gasteiger partial charge in [0.1, 0.15) is 0 Å². The fraction of sp³-hybridized carbons (Fsp3) is 0.294. The Labute approximate surface area is 132 Å². The average molecular weight is 343 g/mol. The number of ketones is 1. The summed E-state index contributed by atoms with van der Waals surface area (Å²) in [5.41, 5.74) is 3.44. The molecule has 0 aliphatic heterocycles. The zero-order valence-corrected chi connectivity index (χ0v) is 13.6. The standard InChI is InChI=1S/C17H15BrN2O/c1-17(2)8-15-12(16(21)9-17)5-6-20(15)14-4-3-11(10-19)7-13(14)18/h3-7H,8-9H2,1-2H3. The predicted molar refractivity (Wildman–Crippen MR) is 84.6 cm³/mol. The fourth-order valence-electron chi connectivity index (χ4n) is 2.94. The van der Waals surface area contributed by atoms with Crippen LogP contribution in [0.2, 0.25) is 0 Å². The maximum atomic E-state index is 12.3. The highest BCUT2D eigenvalue weighted by Crippen LogP contribution is 2.37. The SMILES string of the molecule is CC1(C)CC(=O)c2ccn(-c3ccc(C#N)cc3Br)c2C1. The lowest BCUT2D eigenvalue weighted by Gasteiger charge is -2.29. The third-order valence-corrected chi connectivity index (χ3v) is 4.55. The topological polar surface area (TPSA) is 45.8 Å². The molecule has 1 aromatic carbocycles. The maximum Gasteiger partial charge on any atom is 0.165 e. The molecule has 1 aromatic heterocycles. The molecule has 4 heteroatoms. The summed E-state index contributed by atoms with van der Waals surface area (Å²) in [6.07, 6.45) is 3.40. The van der Waals surface area contributed by atoms with E-state index < -0.39 is 0 Å². The highest BCUT2D eigenvalue weighted by Gasteiger charge is 2.33. The van der Waals surface area contributed by atoms with Gasteiger partial charge in [0, 0.05) is 28.3 Å². The van der Waals surface area contributed by atoms with Gasteiger partial charge in [-0.15, -0.1) is 0 Å². The number of nitrogens with zero attached hydrogens (tertiary/aromatic N) is 2. The van der Waals surface area contributed by atoms with E-state index in [1.165, 1.54) is 0 Å². The van der Waals surface area contributed by atoms with E-state index in [0.717, 1.165) is 27.8 Å². The molecule has 21 heavy (non-hydrogen) atoms. The van der Waals surface area contributed by atoms with Crippen molar-refractivity contribution in [2.75, 3.05) is 0 Å². The Morgan fingerprint density at radius 1 is 1.29 bits per heavy atom. The molecule has 0 bridgehead atoms. The number of carbonyl (C=O) groups is 1. The molecule has 1 aliphatic rings. The highest BCUT2D eigenvalue weighted by molar-refractivity contribution is 9.10. The Hall–Kier alpha value is -1.86. The van der Waals surface area contributed by atoms with Crippen molar-refractivity contribution < 1.29 is 4.79 Å². The summed E-state index contributed by atoms with van der Waals surface area (Å²) in [6.45, 7) is 4.25. The molecule has 0 amide bonds. The summed E-state index contributed by atoms with van der Waals surface area (Å²) >= 11 is 3.52. The highest BCUT2D eigenvalue weighted by atomic mass is 79.9. The van der Waals surface area contributed by atoms with E-state index in [1.54, 1.807) is 12.1 Å². The molecular weight excluding hydrogens is 328 g/mol. The summed E-state index contributed by atoms with van der Waals surface area (Å²) in [6, 6.07) is 9.54. The van der Waals surface area contributed by atoms with Crippen LogP contribution in [-0.4, -0.2) is 10.4 Å². The van der Waals surface area contributed by atoms with E-state index in [9.17, 15) is 4.79 Å². The normalized spacial score (nSPS) is 16.4. The molecule has 0 saturated heterocycles. The van der Waals surface area contributed by atoms with Gasteiger partial charge in [-0.05, 0) is 52.0 Å². The molecule has 0 unspecified atom stereocenters. The van der Waals surface area contributed by atoms with Crippen LogP contribution in [0.25, 0.3) is 5.69 Å². The molecule has 1 heterocycles. The van der Waals surface area contributed by atoms with Gasteiger partial charge in [0.2, 0.25) is 0 Å². The first kappa shape index (κ1) is 14.1. The number of halogens is 1. The number of nitriles is 1. The van der Waals surface area contributed by atoms with Crippen LogP contribution in [0.4, 0.5) is 0 Å². The summed E-state index contributed by atoms with van der Waals surface area (Å²) in [5, 5.41) is 8.96. The molecule has 106 valence electrons. The van der Waals surface area contributed by atoms with E-state index in [-0.39, 0.29) is 11.2 Å². The first-order valence-corrected chi connectivity index (χ1v) is 7.64. The van der Waals surface area contributed by atoms with Gasteiger partial charge < -0.3 is 4.57 Å². The number of fused-ring (bicyclic) bond motifs is 1. The lowest BCUT2D eigenvalue weighted by atomic mass is 9.76. The lowest BCUT2D eigenvalue weighted by molar-refractivity contribution is 0.0911. The first-order valence-electron chi connectivity index (χ1n) is 6.85. The predicted octanol–water partition coefficient (Wildman–Crippen LogP) is 4.27. The Balaban J connectivity index is 2.14. The van der Waals surface area contributed by atoms with Crippen LogP contribution < -0.4 is 0 Å². The third kappa shape index (κ3) is 2.43. The number of carbonyl (C=O) groups excluding carboxylic acids is 1. The number of aromatic nitrogens is 1. The zero-order valence-electron chi connectivity index (χ0n) is 12.0. The van der Waals surface area contributed by atoms with Gasteiger partial charge in [0.25, 0.3) is 0 Å². The van der Waals surface area contributed by atoms with E-state index in [0.29, 0.717) is 12.0 Å². The number of rotatable bonds is 1. The number of Topliss-reactive ketones (excluding diaryl/α,β-unsaturated/α-hetero) is 1. The largest absolute Gasteiger partial charge is 0.319 e. The minimum atomic E-state index is -0.0146. The van der Waals surface area contributed by atoms with Crippen LogP contribution in [0.5, 0.6) is 0 Å².